The average molecular weight is 381 g/mol. The fraction of sp³-hybridized carbons (Fsp3) is 0.611. The second-order valence-corrected chi connectivity index (χ2v) is 9.10. The highest BCUT2D eigenvalue weighted by molar-refractivity contribution is 7.91. The second-order valence-electron chi connectivity index (χ2n) is 6.87. The van der Waals surface area contributed by atoms with E-state index >= 15 is 0 Å². The van der Waals surface area contributed by atoms with Crippen molar-refractivity contribution in [1.29, 1.82) is 0 Å². The lowest BCUT2D eigenvalue weighted by atomic mass is 10.1. The number of anilines is 1. The predicted octanol–water partition coefficient (Wildman–Crippen LogP) is 0.827. The number of hydrogen-bond donors (Lipinski definition) is 1. The minimum absolute atomic E-state index is 0.192. The van der Waals surface area contributed by atoms with Crippen LogP contribution >= 0.6 is 0 Å². The van der Waals surface area contributed by atoms with Gasteiger partial charge >= 0.3 is 0 Å². The molecule has 2 aliphatic heterocycles. The van der Waals surface area contributed by atoms with Gasteiger partial charge in [-0.05, 0) is 36.6 Å². The lowest BCUT2D eigenvalue weighted by Gasteiger charge is -2.38. The van der Waals surface area contributed by atoms with Crippen molar-refractivity contribution in [3.05, 3.63) is 24.3 Å². The number of nitrogens with zero attached hydrogens (tertiary/aromatic N) is 3. The van der Waals surface area contributed by atoms with E-state index in [1.54, 1.807) is 14.2 Å². The Hall–Kier alpha value is -1.96. The van der Waals surface area contributed by atoms with Gasteiger partial charge in [-0.2, -0.15) is 0 Å². The van der Waals surface area contributed by atoms with Crippen LogP contribution in [0.4, 0.5) is 5.69 Å². The first-order valence-corrected chi connectivity index (χ1v) is 10.9. The van der Waals surface area contributed by atoms with Gasteiger partial charge in [-0.1, -0.05) is 0 Å². The molecule has 1 N–H and O–H groups in total. The maximum absolute atomic E-state index is 11.6. The van der Waals surface area contributed by atoms with Gasteiger partial charge in [0.25, 0.3) is 0 Å². The molecule has 26 heavy (non-hydrogen) atoms. The van der Waals surface area contributed by atoms with E-state index in [2.05, 4.69) is 32.2 Å². The normalized spacial score (nSPS) is 23.2. The van der Waals surface area contributed by atoms with Crippen LogP contribution in [0.3, 0.4) is 0 Å². The number of nitrogens with one attached hydrogen (secondary N) is 1. The summed E-state index contributed by atoms with van der Waals surface area (Å²) in [5.74, 6) is 2.53. The molecule has 0 saturated carbocycles. The van der Waals surface area contributed by atoms with Crippen LogP contribution in [0.15, 0.2) is 29.3 Å². The third kappa shape index (κ3) is 4.60. The lowest BCUT2D eigenvalue weighted by Crippen LogP contribution is -2.53. The summed E-state index contributed by atoms with van der Waals surface area (Å²) in [7, 11) is 0.628. The molecule has 1 atom stereocenters. The van der Waals surface area contributed by atoms with Crippen molar-refractivity contribution in [2.45, 2.75) is 6.42 Å². The van der Waals surface area contributed by atoms with Crippen LogP contribution in [0.1, 0.15) is 6.42 Å². The second kappa shape index (κ2) is 8.16. The standard InChI is InChI=1S/C18H28N4O3S/c1-19-18(20-13-15-7-12-26(23,24)14-15)22-10-8-21(9-11-22)16-3-5-17(25-2)6-4-16/h3-6,15H,7-14H2,1-2H3,(H,19,20). The van der Waals surface area contributed by atoms with Gasteiger partial charge in [-0.15, -0.1) is 0 Å². The van der Waals surface area contributed by atoms with E-state index in [0.29, 0.717) is 18.1 Å². The Morgan fingerprint density at radius 2 is 1.92 bits per heavy atom. The molecule has 2 heterocycles. The van der Waals surface area contributed by atoms with Crippen LogP contribution in [0.2, 0.25) is 0 Å². The van der Waals surface area contributed by atoms with E-state index in [0.717, 1.165) is 44.3 Å². The molecule has 1 unspecified atom stereocenters. The van der Waals surface area contributed by atoms with E-state index in [4.69, 9.17) is 4.74 Å². The first-order chi connectivity index (χ1) is 12.5. The largest absolute Gasteiger partial charge is 0.497 e. The molecule has 1 aromatic carbocycles. The molecular formula is C18H28N4O3S. The van der Waals surface area contributed by atoms with Crippen LogP contribution in [0.25, 0.3) is 0 Å². The van der Waals surface area contributed by atoms with Gasteiger partial charge in [0.05, 0.1) is 18.6 Å². The highest BCUT2D eigenvalue weighted by Crippen LogP contribution is 2.21. The number of ether oxygens (including phenoxy) is 1. The zero-order valence-corrected chi connectivity index (χ0v) is 16.3. The summed E-state index contributed by atoms with van der Waals surface area (Å²) >= 11 is 0. The Bertz CT molecular complexity index is 725. The molecule has 7 nitrogen and oxygen atoms in total. The van der Waals surface area contributed by atoms with Gasteiger partial charge in [-0.25, -0.2) is 8.42 Å². The molecule has 2 saturated heterocycles. The van der Waals surface area contributed by atoms with Crippen LogP contribution in [0, 0.1) is 5.92 Å². The zero-order valence-electron chi connectivity index (χ0n) is 15.5. The number of methoxy groups -OCH3 is 1. The number of benzene rings is 1. The van der Waals surface area contributed by atoms with Crippen molar-refractivity contribution < 1.29 is 13.2 Å². The van der Waals surface area contributed by atoms with Crippen LogP contribution in [-0.2, 0) is 9.84 Å². The number of hydrogen-bond acceptors (Lipinski definition) is 5. The molecule has 8 heteroatoms. The highest BCUT2D eigenvalue weighted by Gasteiger charge is 2.28. The maximum Gasteiger partial charge on any atom is 0.193 e. The van der Waals surface area contributed by atoms with Gasteiger partial charge in [-0.3, -0.25) is 4.99 Å². The maximum atomic E-state index is 11.6. The predicted molar refractivity (Wildman–Crippen MR) is 105 cm³/mol. The van der Waals surface area contributed by atoms with Crippen molar-refractivity contribution in [2.75, 3.05) is 63.3 Å². The SMILES string of the molecule is CN=C(NCC1CCS(=O)(=O)C1)N1CCN(c2ccc(OC)cc2)CC1. The fourth-order valence-corrected chi connectivity index (χ4v) is 5.43. The van der Waals surface area contributed by atoms with Gasteiger partial charge < -0.3 is 19.9 Å². The van der Waals surface area contributed by atoms with Gasteiger partial charge in [0, 0.05) is 45.5 Å². The fourth-order valence-electron chi connectivity index (χ4n) is 3.57. The summed E-state index contributed by atoms with van der Waals surface area (Å²) in [6.45, 7) is 4.28. The number of aliphatic imine (C=N–C) groups is 1. The van der Waals surface area contributed by atoms with E-state index < -0.39 is 9.84 Å². The van der Waals surface area contributed by atoms with Crippen molar-refractivity contribution in [2.24, 2.45) is 10.9 Å². The molecule has 0 radical (unpaired) electrons. The lowest BCUT2D eigenvalue weighted by molar-refractivity contribution is 0.369. The van der Waals surface area contributed by atoms with Crippen LogP contribution in [-0.4, -0.2) is 77.7 Å². The molecule has 0 aromatic heterocycles. The van der Waals surface area contributed by atoms with Gasteiger partial charge in [0.15, 0.2) is 15.8 Å². The summed E-state index contributed by atoms with van der Waals surface area (Å²) < 4.78 is 28.4. The smallest absolute Gasteiger partial charge is 0.193 e. The molecule has 2 aliphatic rings. The van der Waals surface area contributed by atoms with E-state index in [9.17, 15) is 8.42 Å². The zero-order chi connectivity index (χ0) is 18.6. The Morgan fingerprint density at radius 3 is 2.46 bits per heavy atom. The number of sulfone groups is 1. The molecule has 0 amide bonds. The molecular weight excluding hydrogens is 352 g/mol. The molecule has 0 spiro atoms. The van der Waals surface area contributed by atoms with E-state index in [1.807, 2.05) is 12.1 Å². The number of rotatable bonds is 4. The first kappa shape index (κ1) is 18.8. The average Bonchev–Trinajstić information content (AvgIpc) is 3.02. The monoisotopic (exact) mass is 380 g/mol. The Morgan fingerprint density at radius 1 is 1.23 bits per heavy atom. The number of piperazine rings is 1. The summed E-state index contributed by atoms with van der Waals surface area (Å²) in [5, 5.41) is 3.36. The molecule has 3 rings (SSSR count). The summed E-state index contributed by atoms with van der Waals surface area (Å²) in [6, 6.07) is 8.14. The first-order valence-electron chi connectivity index (χ1n) is 9.06. The van der Waals surface area contributed by atoms with Crippen LogP contribution < -0.4 is 15.0 Å². The molecule has 144 valence electrons. The van der Waals surface area contributed by atoms with E-state index in [-0.39, 0.29) is 5.92 Å². The summed E-state index contributed by atoms with van der Waals surface area (Å²) in [5.41, 5.74) is 1.20. The Labute approximate surface area is 156 Å². The Kier molecular flexibility index (Phi) is 5.90. The van der Waals surface area contributed by atoms with Gasteiger partial charge in [0.2, 0.25) is 0 Å². The third-order valence-electron chi connectivity index (χ3n) is 5.10. The quantitative estimate of drug-likeness (QED) is 0.616. The van der Waals surface area contributed by atoms with Crippen molar-refractivity contribution in [3.8, 4) is 5.75 Å². The van der Waals surface area contributed by atoms with Crippen LogP contribution in [0.5, 0.6) is 5.75 Å². The minimum Gasteiger partial charge on any atom is -0.497 e. The number of guanidine groups is 1. The topological polar surface area (TPSA) is 74.2 Å². The molecule has 0 aliphatic carbocycles. The molecule has 0 bridgehead atoms. The van der Waals surface area contributed by atoms with E-state index in [1.165, 1.54) is 5.69 Å². The minimum atomic E-state index is -2.83. The highest BCUT2D eigenvalue weighted by atomic mass is 32.2. The summed E-state index contributed by atoms with van der Waals surface area (Å²) in [4.78, 5) is 8.97. The van der Waals surface area contributed by atoms with Crippen molar-refractivity contribution in [3.63, 3.8) is 0 Å². The van der Waals surface area contributed by atoms with Gasteiger partial charge in [0.1, 0.15) is 5.75 Å². The van der Waals surface area contributed by atoms with Crippen molar-refractivity contribution >= 4 is 21.5 Å². The third-order valence-corrected chi connectivity index (χ3v) is 6.94. The molecule has 2 fully saturated rings. The Balaban J connectivity index is 1.49. The van der Waals surface area contributed by atoms with Crippen molar-refractivity contribution in [1.82, 2.24) is 10.2 Å². The summed E-state index contributed by atoms with van der Waals surface area (Å²) in [6.07, 6.45) is 0.748. The molecule has 1 aromatic rings.